The Morgan fingerprint density at radius 2 is 1.46 bits per heavy atom. The zero-order valence-corrected chi connectivity index (χ0v) is 15.6. The first kappa shape index (κ1) is 17.4. The average molecular weight is 360 g/mol. The first-order chi connectivity index (χ1) is 12.6. The topological polar surface area (TPSA) is 55.4 Å². The highest BCUT2D eigenvalue weighted by Gasteiger charge is 2.53. The molecule has 3 aliphatic heterocycles. The molecule has 3 saturated heterocycles. The van der Waals surface area contributed by atoms with Crippen LogP contribution < -0.4 is 14.2 Å². The second-order valence-corrected chi connectivity index (χ2v) is 6.88. The molecule has 2 aromatic carbocycles. The molecular weight excluding hydrogens is 336 g/mol. The number of methoxy groups -OCH3 is 3. The van der Waals surface area contributed by atoms with E-state index in [-0.39, 0.29) is 5.41 Å². The van der Waals surface area contributed by atoms with Crippen LogP contribution in [0.5, 0.6) is 17.2 Å². The number of hydrogen-bond acceptors (Lipinski definition) is 6. The normalized spacial score (nSPS) is 27.5. The van der Waals surface area contributed by atoms with E-state index in [1.54, 1.807) is 21.3 Å². The second kappa shape index (κ2) is 6.30. The molecule has 5 rings (SSSR count). The summed E-state index contributed by atoms with van der Waals surface area (Å²) < 4.78 is 34.7. The van der Waals surface area contributed by atoms with Crippen molar-refractivity contribution in [2.24, 2.45) is 5.41 Å². The van der Waals surface area contributed by atoms with Crippen LogP contribution in [0.4, 0.5) is 0 Å². The molecule has 6 nitrogen and oxygen atoms in total. The van der Waals surface area contributed by atoms with Crippen LogP contribution >= 0.6 is 0 Å². The van der Waals surface area contributed by atoms with E-state index < -0.39 is 5.97 Å². The quantitative estimate of drug-likeness (QED) is 0.814. The summed E-state index contributed by atoms with van der Waals surface area (Å²) in [5.41, 5.74) is 0.719. The van der Waals surface area contributed by atoms with Crippen molar-refractivity contribution in [2.75, 3.05) is 41.2 Å². The Kier molecular flexibility index (Phi) is 4.22. The number of hydrogen-bond donors (Lipinski definition) is 0. The minimum Gasteiger partial charge on any atom is -0.497 e. The summed E-state index contributed by atoms with van der Waals surface area (Å²) in [6.45, 7) is 3.98. The Hall–Kier alpha value is -2.02. The van der Waals surface area contributed by atoms with Crippen molar-refractivity contribution < 1.29 is 28.4 Å². The predicted molar refractivity (Wildman–Crippen MR) is 95.9 cm³/mol. The molecule has 3 fully saturated rings. The van der Waals surface area contributed by atoms with Crippen molar-refractivity contribution in [3.63, 3.8) is 0 Å². The molecule has 2 aromatic rings. The molecule has 0 N–H and O–H groups in total. The SMILES string of the molecule is CCC12COC(c3cc(OC)c4c(OC)cc(OC)cc4c3)(OC1)OC2. The molecule has 0 amide bonds. The lowest BCUT2D eigenvalue weighted by Crippen LogP contribution is -2.58. The molecule has 0 atom stereocenters. The van der Waals surface area contributed by atoms with Gasteiger partial charge in [0, 0.05) is 17.0 Å². The van der Waals surface area contributed by atoms with Crippen LogP contribution in [0.2, 0.25) is 0 Å². The highest BCUT2D eigenvalue weighted by Crippen LogP contribution is 2.48. The lowest BCUT2D eigenvalue weighted by atomic mass is 9.85. The van der Waals surface area contributed by atoms with Crippen molar-refractivity contribution in [1.29, 1.82) is 0 Å². The van der Waals surface area contributed by atoms with Crippen molar-refractivity contribution >= 4 is 10.8 Å². The molecule has 0 unspecified atom stereocenters. The van der Waals surface area contributed by atoms with Gasteiger partial charge in [0.05, 0.1) is 46.5 Å². The van der Waals surface area contributed by atoms with E-state index in [9.17, 15) is 0 Å². The lowest BCUT2D eigenvalue weighted by molar-refractivity contribution is -0.480. The third-order valence-corrected chi connectivity index (χ3v) is 5.43. The summed E-state index contributed by atoms with van der Waals surface area (Å²) >= 11 is 0. The van der Waals surface area contributed by atoms with Crippen LogP contribution in [-0.2, 0) is 20.2 Å². The lowest BCUT2D eigenvalue weighted by Gasteiger charge is -2.51. The van der Waals surface area contributed by atoms with Crippen LogP contribution in [0.25, 0.3) is 10.8 Å². The van der Waals surface area contributed by atoms with Gasteiger partial charge in [-0.1, -0.05) is 6.92 Å². The van der Waals surface area contributed by atoms with Gasteiger partial charge in [-0.25, -0.2) is 0 Å². The van der Waals surface area contributed by atoms with E-state index in [4.69, 9.17) is 28.4 Å². The van der Waals surface area contributed by atoms with E-state index >= 15 is 0 Å². The molecule has 3 heterocycles. The third kappa shape index (κ3) is 2.52. The smallest absolute Gasteiger partial charge is 0.312 e. The van der Waals surface area contributed by atoms with Crippen molar-refractivity contribution in [3.05, 3.63) is 29.8 Å². The van der Waals surface area contributed by atoms with Gasteiger partial charge in [-0.2, -0.15) is 0 Å². The fourth-order valence-electron chi connectivity index (χ4n) is 3.58. The van der Waals surface area contributed by atoms with Gasteiger partial charge in [-0.3, -0.25) is 0 Å². The minimum atomic E-state index is -1.19. The molecule has 0 saturated carbocycles. The van der Waals surface area contributed by atoms with E-state index in [0.717, 1.165) is 22.8 Å². The van der Waals surface area contributed by atoms with Gasteiger partial charge in [0.15, 0.2) is 0 Å². The van der Waals surface area contributed by atoms with E-state index in [1.165, 1.54) is 0 Å². The van der Waals surface area contributed by atoms with Gasteiger partial charge in [0.25, 0.3) is 0 Å². The Bertz CT molecular complexity index is 806. The number of benzene rings is 2. The first-order valence-electron chi connectivity index (χ1n) is 8.75. The van der Waals surface area contributed by atoms with E-state index in [2.05, 4.69) is 6.92 Å². The molecular formula is C20H24O6. The Morgan fingerprint density at radius 3 is 2.00 bits per heavy atom. The van der Waals surface area contributed by atoms with Gasteiger partial charge in [-0.05, 0) is 30.0 Å². The fourth-order valence-corrected chi connectivity index (χ4v) is 3.58. The maximum Gasteiger partial charge on any atom is 0.312 e. The molecule has 0 radical (unpaired) electrons. The van der Waals surface area contributed by atoms with Gasteiger partial charge < -0.3 is 28.4 Å². The van der Waals surface area contributed by atoms with Crippen LogP contribution in [-0.4, -0.2) is 41.2 Å². The third-order valence-electron chi connectivity index (χ3n) is 5.43. The van der Waals surface area contributed by atoms with Gasteiger partial charge >= 0.3 is 5.97 Å². The van der Waals surface area contributed by atoms with Crippen LogP contribution in [0.3, 0.4) is 0 Å². The zero-order chi connectivity index (χ0) is 18.4. The molecule has 140 valence electrons. The van der Waals surface area contributed by atoms with Gasteiger partial charge in [0.1, 0.15) is 17.2 Å². The first-order valence-corrected chi connectivity index (χ1v) is 8.75. The molecule has 0 aromatic heterocycles. The standard InChI is InChI=1S/C20H24O6/c1-5-19-10-24-20(25-11-19,26-12-19)14-6-13-7-15(21-2)9-17(23-4)18(13)16(8-14)22-3/h6-9H,5,10-12H2,1-4H3. The summed E-state index contributed by atoms with van der Waals surface area (Å²) in [4.78, 5) is 0. The molecule has 3 aliphatic rings. The van der Waals surface area contributed by atoms with Crippen molar-refractivity contribution in [2.45, 2.75) is 19.3 Å². The maximum absolute atomic E-state index is 6.04. The monoisotopic (exact) mass is 360 g/mol. The van der Waals surface area contributed by atoms with Crippen molar-refractivity contribution in [3.8, 4) is 17.2 Å². The summed E-state index contributed by atoms with van der Waals surface area (Å²) in [5, 5.41) is 1.77. The average Bonchev–Trinajstić information content (AvgIpc) is 2.73. The van der Waals surface area contributed by atoms with Gasteiger partial charge in [-0.15, -0.1) is 0 Å². The molecule has 6 heteroatoms. The van der Waals surface area contributed by atoms with Crippen LogP contribution in [0, 0.1) is 5.41 Å². The van der Waals surface area contributed by atoms with E-state index in [0.29, 0.717) is 37.1 Å². The number of fused-ring (bicyclic) bond motifs is 4. The van der Waals surface area contributed by atoms with Gasteiger partial charge in [0.2, 0.25) is 0 Å². The Morgan fingerprint density at radius 1 is 0.846 bits per heavy atom. The number of rotatable bonds is 5. The maximum atomic E-state index is 6.04. The fraction of sp³-hybridized carbons (Fsp3) is 0.500. The molecule has 0 aliphatic carbocycles. The number of ether oxygens (including phenoxy) is 6. The largest absolute Gasteiger partial charge is 0.497 e. The van der Waals surface area contributed by atoms with E-state index in [1.807, 2.05) is 24.3 Å². The Labute approximate surface area is 152 Å². The van der Waals surface area contributed by atoms with Crippen LogP contribution in [0.1, 0.15) is 18.9 Å². The predicted octanol–water partition coefficient (Wildman–Crippen LogP) is 3.45. The second-order valence-electron chi connectivity index (χ2n) is 6.88. The summed E-state index contributed by atoms with van der Waals surface area (Å²) in [5.74, 6) is 0.862. The zero-order valence-electron chi connectivity index (χ0n) is 15.6. The minimum absolute atomic E-state index is 0.0465. The molecule has 26 heavy (non-hydrogen) atoms. The summed E-state index contributed by atoms with van der Waals surface area (Å²) in [6, 6.07) is 7.64. The highest BCUT2D eigenvalue weighted by molar-refractivity contribution is 5.95. The summed E-state index contributed by atoms with van der Waals surface area (Å²) in [6.07, 6.45) is 0.957. The van der Waals surface area contributed by atoms with Crippen LogP contribution in [0.15, 0.2) is 24.3 Å². The molecule has 2 bridgehead atoms. The Balaban J connectivity index is 1.84. The molecule has 0 spiro atoms. The highest BCUT2D eigenvalue weighted by atomic mass is 16.9. The summed E-state index contributed by atoms with van der Waals surface area (Å²) in [7, 11) is 4.89. The van der Waals surface area contributed by atoms with Crippen molar-refractivity contribution in [1.82, 2.24) is 0 Å².